The van der Waals surface area contributed by atoms with Crippen molar-refractivity contribution in [2.45, 2.75) is 19.4 Å². The number of nitrogens with one attached hydrogen (secondary N) is 1. The molecule has 0 saturated heterocycles. The number of hydrazine groups is 1. The second-order valence-corrected chi connectivity index (χ2v) is 5.36. The van der Waals surface area contributed by atoms with Crippen LogP contribution in [0.25, 0.3) is 0 Å². The third-order valence-corrected chi connectivity index (χ3v) is 3.41. The zero-order chi connectivity index (χ0) is 11.3. The lowest BCUT2D eigenvalue weighted by Gasteiger charge is -2.15. The van der Waals surface area contributed by atoms with E-state index < -0.39 is 0 Å². The Labute approximate surface area is 103 Å². The quantitative estimate of drug-likeness (QED) is 0.474. The van der Waals surface area contributed by atoms with E-state index in [1.165, 1.54) is 11.3 Å². The van der Waals surface area contributed by atoms with Crippen LogP contribution in [0.2, 0.25) is 8.67 Å². The summed E-state index contributed by atoms with van der Waals surface area (Å²) in [6.07, 6.45) is 0.982. The maximum absolute atomic E-state index is 6.01. The van der Waals surface area contributed by atoms with Gasteiger partial charge >= 0.3 is 0 Å². The Morgan fingerprint density at radius 3 is 2.80 bits per heavy atom. The lowest BCUT2D eigenvalue weighted by atomic mass is 10.2. The SMILES string of the molecule is CCCOCC(NN)c1cc(Cl)sc1Cl. The van der Waals surface area contributed by atoms with Crippen LogP contribution in [0.3, 0.4) is 0 Å². The summed E-state index contributed by atoms with van der Waals surface area (Å²) in [5.74, 6) is 5.44. The molecule has 1 aromatic rings. The molecule has 1 rings (SSSR count). The summed E-state index contributed by atoms with van der Waals surface area (Å²) in [6.45, 7) is 3.27. The Bertz CT molecular complexity index is 306. The number of halogens is 2. The van der Waals surface area contributed by atoms with E-state index in [4.69, 9.17) is 33.8 Å². The third kappa shape index (κ3) is 3.90. The van der Waals surface area contributed by atoms with Gasteiger partial charge in [-0.15, -0.1) is 11.3 Å². The Morgan fingerprint density at radius 1 is 1.60 bits per heavy atom. The first-order valence-corrected chi connectivity index (χ1v) is 6.24. The molecule has 0 fully saturated rings. The standard InChI is InChI=1S/C9H14Cl2N2OS/c1-2-3-14-5-7(13-12)6-4-8(10)15-9(6)11/h4,7,13H,2-3,5,12H2,1H3. The van der Waals surface area contributed by atoms with Crippen molar-refractivity contribution in [2.24, 2.45) is 5.84 Å². The van der Waals surface area contributed by atoms with Crippen molar-refractivity contribution < 1.29 is 4.74 Å². The second kappa shape index (κ2) is 6.68. The number of hydrogen-bond acceptors (Lipinski definition) is 4. The molecule has 0 bridgehead atoms. The fourth-order valence-electron chi connectivity index (χ4n) is 1.16. The highest BCUT2D eigenvalue weighted by Gasteiger charge is 2.16. The van der Waals surface area contributed by atoms with Gasteiger partial charge in [-0.2, -0.15) is 0 Å². The Balaban J connectivity index is 2.61. The number of ether oxygens (including phenoxy) is 1. The predicted octanol–water partition coefficient (Wildman–Crippen LogP) is 2.99. The van der Waals surface area contributed by atoms with Crippen LogP contribution in [0.1, 0.15) is 24.9 Å². The normalized spacial score (nSPS) is 13.1. The van der Waals surface area contributed by atoms with Gasteiger partial charge in [0, 0.05) is 12.2 Å². The summed E-state index contributed by atoms with van der Waals surface area (Å²) in [6, 6.07) is 1.71. The lowest BCUT2D eigenvalue weighted by molar-refractivity contribution is 0.112. The number of thiophene rings is 1. The van der Waals surface area contributed by atoms with Crippen LogP contribution in [0.4, 0.5) is 0 Å². The summed E-state index contributed by atoms with van der Waals surface area (Å²) in [5, 5.41) is 0. The topological polar surface area (TPSA) is 47.3 Å². The first kappa shape index (κ1) is 13.2. The van der Waals surface area contributed by atoms with E-state index >= 15 is 0 Å². The maximum Gasteiger partial charge on any atom is 0.0993 e. The fraction of sp³-hybridized carbons (Fsp3) is 0.556. The molecule has 0 spiro atoms. The Kier molecular flexibility index (Phi) is 5.89. The van der Waals surface area contributed by atoms with Crippen molar-refractivity contribution in [3.05, 3.63) is 20.3 Å². The van der Waals surface area contributed by atoms with E-state index in [0.717, 1.165) is 12.0 Å². The molecule has 3 N–H and O–H groups in total. The van der Waals surface area contributed by atoms with Crippen LogP contribution in [-0.4, -0.2) is 13.2 Å². The number of hydrogen-bond donors (Lipinski definition) is 2. The van der Waals surface area contributed by atoms with E-state index in [9.17, 15) is 0 Å². The highest BCUT2D eigenvalue weighted by atomic mass is 35.5. The van der Waals surface area contributed by atoms with Crippen LogP contribution < -0.4 is 11.3 Å². The van der Waals surface area contributed by atoms with Crippen molar-refractivity contribution in [1.82, 2.24) is 5.43 Å². The molecule has 1 heterocycles. The third-order valence-electron chi connectivity index (χ3n) is 1.89. The summed E-state index contributed by atoms with van der Waals surface area (Å²) >= 11 is 13.2. The van der Waals surface area contributed by atoms with Gasteiger partial charge in [0.05, 0.1) is 21.3 Å². The van der Waals surface area contributed by atoms with Gasteiger partial charge in [0.1, 0.15) is 0 Å². The Morgan fingerprint density at radius 2 is 2.33 bits per heavy atom. The van der Waals surface area contributed by atoms with Gasteiger partial charge in [-0.25, -0.2) is 0 Å². The molecule has 0 aromatic carbocycles. The maximum atomic E-state index is 6.01. The molecular weight excluding hydrogens is 255 g/mol. The van der Waals surface area contributed by atoms with Crippen LogP contribution in [0, 0.1) is 0 Å². The molecule has 15 heavy (non-hydrogen) atoms. The van der Waals surface area contributed by atoms with Gasteiger partial charge in [-0.1, -0.05) is 30.1 Å². The number of rotatable bonds is 6. The molecule has 0 aliphatic carbocycles. The number of nitrogens with two attached hydrogens (primary N) is 1. The minimum atomic E-state index is -0.104. The summed E-state index contributed by atoms with van der Waals surface area (Å²) in [5.41, 5.74) is 3.56. The van der Waals surface area contributed by atoms with Crippen LogP contribution >= 0.6 is 34.5 Å². The molecule has 0 aliphatic rings. The molecule has 0 amide bonds. The lowest BCUT2D eigenvalue weighted by Crippen LogP contribution is -2.31. The molecule has 0 saturated carbocycles. The first-order valence-electron chi connectivity index (χ1n) is 4.67. The predicted molar refractivity (Wildman–Crippen MR) is 65.5 cm³/mol. The molecule has 0 radical (unpaired) electrons. The zero-order valence-electron chi connectivity index (χ0n) is 8.43. The van der Waals surface area contributed by atoms with Crippen molar-refractivity contribution >= 4 is 34.5 Å². The smallest absolute Gasteiger partial charge is 0.0993 e. The van der Waals surface area contributed by atoms with Crippen molar-refractivity contribution in [3.8, 4) is 0 Å². The molecule has 86 valence electrons. The van der Waals surface area contributed by atoms with E-state index in [0.29, 0.717) is 21.9 Å². The average Bonchev–Trinajstić information content (AvgIpc) is 2.53. The first-order chi connectivity index (χ1) is 7.19. The highest BCUT2D eigenvalue weighted by molar-refractivity contribution is 7.20. The van der Waals surface area contributed by atoms with E-state index in [2.05, 4.69) is 12.3 Å². The largest absolute Gasteiger partial charge is 0.379 e. The van der Waals surface area contributed by atoms with Gasteiger partial charge in [-0.05, 0) is 12.5 Å². The monoisotopic (exact) mass is 268 g/mol. The minimum absolute atomic E-state index is 0.104. The summed E-state index contributed by atoms with van der Waals surface area (Å²) in [7, 11) is 0. The second-order valence-electron chi connectivity index (χ2n) is 3.07. The van der Waals surface area contributed by atoms with Gasteiger partial charge in [-0.3, -0.25) is 11.3 Å². The van der Waals surface area contributed by atoms with Crippen molar-refractivity contribution in [2.75, 3.05) is 13.2 Å². The van der Waals surface area contributed by atoms with Gasteiger partial charge in [0.15, 0.2) is 0 Å². The van der Waals surface area contributed by atoms with Gasteiger partial charge in [0.2, 0.25) is 0 Å². The van der Waals surface area contributed by atoms with E-state index in [1.54, 1.807) is 0 Å². The van der Waals surface area contributed by atoms with E-state index in [-0.39, 0.29) is 6.04 Å². The van der Waals surface area contributed by atoms with Crippen LogP contribution in [0.5, 0.6) is 0 Å². The molecular formula is C9H14Cl2N2OS. The molecule has 1 aromatic heterocycles. The molecule has 3 nitrogen and oxygen atoms in total. The van der Waals surface area contributed by atoms with Crippen molar-refractivity contribution in [1.29, 1.82) is 0 Å². The van der Waals surface area contributed by atoms with E-state index in [1.807, 2.05) is 6.07 Å². The van der Waals surface area contributed by atoms with Crippen molar-refractivity contribution in [3.63, 3.8) is 0 Å². The molecule has 1 atom stereocenters. The summed E-state index contributed by atoms with van der Waals surface area (Å²) in [4.78, 5) is 0. The minimum Gasteiger partial charge on any atom is -0.379 e. The molecule has 6 heteroatoms. The van der Waals surface area contributed by atoms with Gasteiger partial charge in [0.25, 0.3) is 0 Å². The van der Waals surface area contributed by atoms with Crippen LogP contribution in [-0.2, 0) is 4.74 Å². The van der Waals surface area contributed by atoms with Gasteiger partial charge < -0.3 is 4.74 Å². The van der Waals surface area contributed by atoms with Crippen LogP contribution in [0.15, 0.2) is 6.07 Å². The zero-order valence-corrected chi connectivity index (χ0v) is 10.8. The molecule has 1 unspecified atom stereocenters. The highest BCUT2D eigenvalue weighted by Crippen LogP contribution is 2.34. The Hall–Kier alpha value is 0.160. The average molecular weight is 269 g/mol. The molecule has 0 aliphatic heterocycles. The fourth-order valence-corrected chi connectivity index (χ4v) is 2.74. The summed E-state index contributed by atoms with van der Waals surface area (Å²) < 4.78 is 6.73.